The summed E-state index contributed by atoms with van der Waals surface area (Å²) in [7, 11) is 0. The topological polar surface area (TPSA) is 33.1 Å². The fraction of sp³-hybridized carbons (Fsp3) is 0.375. The molecule has 1 aromatic heterocycles. The number of pyridine rings is 1. The predicted molar refractivity (Wildman–Crippen MR) is 45.0 cm³/mol. The van der Waals surface area contributed by atoms with Gasteiger partial charge in [0.25, 0.3) is 0 Å². The minimum absolute atomic E-state index is 0.128. The molecule has 0 aromatic carbocycles. The molecule has 0 saturated heterocycles. The molecule has 6 heteroatoms. The lowest BCUT2D eigenvalue weighted by atomic mass is 10.1. The summed E-state index contributed by atoms with van der Waals surface area (Å²) >= 11 is 5.53. The zero-order valence-electron chi connectivity index (χ0n) is 7.14. The van der Waals surface area contributed by atoms with Crippen molar-refractivity contribution in [3.05, 3.63) is 28.5 Å². The second kappa shape index (κ2) is 3.74. The first-order valence-electron chi connectivity index (χ1n) is 3.69. The van der Waals surface area contributed by atoms with E-state index in [0.717, 1.165) is 12.3 Å². The Labute approximate surface area is 83.3 Å². The lowest BCUT2D eigenvalue weighted by molar-refractivity contribution is -0.206. The van der Waals surface area contributed by atoms with Crippen molar-refractivity contribution in [2.45, 2.75) is 19.2 Å². The highest BCUT2D eigenvalue weighted by Crippen LogP contribution is 2.32. The van der Waals surface area contributed by atoms with E-state index >= 15 is 0 Å². The van der Waals surface area contributed by atoms with E-state index in [2.05, 4.69) is 4.98 Å². The molecule has 1 heterocycles. The van der Waals surface area contributed by atoms with Crippen LogP contribution in [0.5, 0.6) is 0 Å². The van der Waals surface area contributed by atoms with Crippen molar-refractivity contribution >= 4 is 11.6 Å². The Kier molecular flexibility index (Phi) is 3.01. The number of aryl methyl sites for hydroxylation is 1. The molecule has 0 aliphatic heterocycles. The Morgan fingerprint density at radius 1 is 1.50 bits per heavy atom. The molecule has 1 rings (SSSR count). The average molecular weight is 226 g/mol. The van der Waals surface area contributed by atoms with E-state index < -0.39 is 12.3 Å². The van der Waals surface area contributed by atoms with Crippen LogP contribution in [0, 0.1) is 6.92 Å². The maximum absolute atomic E-state index is 12.1. The fourth-order valence-electron chi connectivity index (χ4n) is 0.918. The normalized spacial score (nSPS) is 14.1. The van der Waals surface area contributed by atoms with Crippen LogP contribution < -0.4 is 0 Å². The highest BCUT2D eigenvalue weighted by Gasteiger charge is 2.39. The maximum Gasteiger partial charge on any atom is 0.418 e. The lowest BCUT2D eigenvalue weighted by Crippen LogP contribution is -2.20. The summed E-state index contributed by atoms with van der Waals surface area (Å²) in [4.78, 5) is 3.52. The van der Waals surface area contributed by atoms with Crippen molar-refractivity contribution in [2.24, 2.45) is 0 Å². The summed E-state index contributed by atoms with van der Waals surface area (Å²) in [5.74, 6) is 0. The van der Waals surface area contributed by atoms with Gasteiger partial charge in [-0.3, -0.25) is 0 Å². The summed E-state index contributed by atoms with van der Waals surface area (Å²) in [5.41, 5.74) is 0.0897. The highest BCUT2D eigenvalue weighted by atomic mass is 35.5. The zero-order chi connectivity index (χ0) is 10.9. The number of aliphatic hydroxyl groups excluding tert-OH is 1. The van der Waals surface area contributed by atoms with E-state index in [1.807, 2.05) is 0 Å². The molecule has 0 bridgehead atoms. The standard InChI is InChI=1S/C8H7ClF3NO/c1-4-2-5(3-13-7(4)9)6(14)8(10,11)12/h2-3,6,14H,1H3. The number of hydrogen-bond acceptors (Lipinski definition) is 2. The average Bonchev–Trinajstić information content (AvgIpc) is 2.07. The van der Waals surface area contributed by atoms with Crippen LogP contribution in [0.2, 0.25) is 5.15 Å². The van der Waals surface area contributed by atoms with Crippen LogP contribution in [0.1, 0.15) is 17.2 Å². The Bertz CT molecular complexity index is 340. The van der Waals surface area contributed by atoms with Gasteiger partial charge >= 0.3 is 6.18 Å². The second-order valence-corrected chi connectivity index (χ2v) is 3.18. The molecule has 14 heavy (non-hydrogen) atoms. The van der Waals surface area contributed by atoms with Gasteiger partial charge in [-0.15, -0.1) is 0 Å². The zero-order valence-corrected chi connectivity index (χ0v) is 7.89. The molecule has 1 atom stereocenters. The van der Waals surface area contributed by atoms with Gasteiger partial charge in [0.2, 0.25) is 0 Å². The van der Waals surface area contributed by atoms with Crippen molar-refractivity contribution < 1.29 is 18.3 Å². The summed E-state index contributed by atoms with van der Waals surface area (Å²) in [6, 6.07) is 1.16. The van der Waals surface area contributed by atoms with Crippen molar-refractivity contribution in [1.82, 2.24) is 4.98 Å². The molecular formula is C8H7ClF3NO. The Morgan fingerprint density at radius 2 is 2.07 bits per heavy atom. The molecule has 1 aromatic rings. The molecule has 0 radical (unpaired) electrons. The summed E-state index contributed by atoms with van der Waals surface area (Å²) in [6.07, 6.45) is -6.28. The molecule has 1 unspecified atom stereocenters. The molecular weight excluding hydrogens is 219 g/mol. The van der Waals surface area contributed by atoms with E-state index in [0.29, 0.717) is 5.56 Å². The Balaban J connectivity index is 3.03. The van der Waals surface area contributed by atoms with Gasteiger partial charge in [-0.2, -0.15) is 13.2 Å². The van der Waals surface area contributed by atoms with Crippen LogP contribution in [0.3, 0.4) is 0 Å². The quantitative estimate of drug-likeness (QED) is 0.746. The monoisotopic (exact) mass is 225 g/mol. The summed E-state index contributed by atoms with van der Waals surface area (Å²) in [6.45, 7) is 1.52. The SMILES string of the molecule is Cc1cc(C(O)C(F)(F)F)cnc1Cl. The van der Waals surface area contributed by atoms with Crippen molar-refractivity contribution in [3.63, 3.8) is 0 Å². The number of aromatic nitrogens is 1. The van der Waals surface area contributed by atoms with Gasteiger partial charge in [0.1, 0.15) is 5.15 Å². The smallest absolute Gasteiger partial charge is 0.379 e. The van der Waals surface area contributed by atoms with Crippen molar-refractivity contribution in [3.8, 4) is 0 Å². The second-order valence-electron chi connectivity index (χ2n) is 2.82. The van der Waals surface area contributed by atoms with E-state index in [1.54, 1.807) is 0 Å². The predicted octanol–water partition coefficient (Wildman–Crippen LogP) is 2.64. The third-order valence-electron chi connectivity index (χ3n) is 1.66. The number of aliphatic hydroxyl groups is 1. The molecule has 0 spiro atoms. The van der Waals surface area contributed by atoms with E-state index in [-0.39, 0.29) is 10.7 Å². The van der Waals surface area contributed by atoms with E-state index in [4.69, 9.17) is 16.7 Å². The van der Waals surface area contributed by atoms with Crippen LogP contribution >= 0.6 is 11.6 Å². The van der Waals surface area contributed by atoms with Gasteiger partial charge in [-0.25, -0.2) is 4.98 Å². The Morgan fingerprint density at radius 3 is 2.50 bits per heavy atom. The van der Waals surface area contributed by atoms with Gasteiger partial charge in [-0.05, 0) is 18.6 Å². The number of rotatable bonds is 1. The molecule has 78 valence electrons. The van der Waals surface area contributed by atoms with Crippen LogP contribution in [0.15, 0.2) is 12.3 Å². The first-order chi connectivity index (χ1) is 6.32. The van der Waals surface area contributed by atoms with Gasteiger partial charge in [0.15, 0.2) is 6.10 Å². The van der Waals surface area contributed by atoms with Crippen LogP contribution in [-0.4, -0.2) is 16.3 Å². The number of nitrogens with zero attached hydrogens (tertiary/aromatic N) is 1. The van der Waals surface area contributed by atoms with Gasteiger partial charge in [0, 0.05) is 11.8 Å². The van der Waals surface area contributed by atoms with Gasteiger partial charge < -0.3 is 5.11 Å². The fourth-order valence-corrected chi connectivity index (χ4v) is 1.02. The highest BCUT2D eigenvalue weighted by molar-refractivity contribution is 6.30. The third-order valence-corrected chi connectivity index (χ3v) is 2.06. The first kappa shape index (κ1) is 11.3. The van der Waals surface area contributed by atoms with Gasteiger partial charge in [0.05, 0.1) is 0 Å². The Hall–Kier alpha value is -0.810. The number of halogens is 4. The maximum atomic E-state index is 12.1. The van der Waals surface area contributed by atoms with Crippen LogP contribution in [-0.2, 0) is 0 Å². The molecule has 0 aliphatic rings. The van der Waals surface area contributed by atoms with E-state index in [1.165, 1.54) is 6.92 Å². The van der Waals surface area contributed by atoms with Crippen LogP contribution in [0.4, 0.5) is 13.2 Å². The minimum atomic E-state index is -4.68. The molecule has 0 fully saturated rings. The first-order valence-corrected chi connectivity index (χ1v) is 4.07. The lowest BCUT2D eigenvalue weighted by Gasteiger charge is -2.14. The number of hydrogen-bond donors (Lipinski definition) is 1. The molecule has 2 nitrogen and oxygen atoms in total. The minimum Gasteiger partial charge on any atom is -0.379 e. The molecule has 0 saturated carbocycles. The molecule has 0 aliphatic carbocycles. The largest absolute Gasteiger partial charge is 0.418 e. The van der Waals surface area contributed by atoms with Crippen LogP contribution in [0.25, 0.3) is 0 Å². The van der Waals surface area contributed by atoms with Gasteiger partial charge in [-0.1, -0.05) is 11.6 Å². The third kappa shape index (κ3) is 2.36. The van der Waals surface area contributed by atoms with Crippen molar-refractivity contribution in [2.75, 3.05) is 0 Å². The van der Waals surface area contributed by atoms with Crippen molar-refractivity contribution in [1.29, 1.82) is 0 Å². The van der Waals surface area contributed by atoms with E-state index in [9.17, 15) is 13.2 Å². The molecule has 0 amide bonds. The number of alkyl halides is 3. The summed E-state index contributed by atoms with van der Waals surface area (Å²) in [5, 5.41) is 8.99. The summed E-state index contributed by atoms with van der Waals surface area (Å²) < 4.78 is 36.2. The molecule has 1 N–H and O–H groups in total.